The van der Waals surface area contributed by atoms with Crippen LogP contribution < -0.4 is 5.32 Å². The minimum Gasteiger partial charge on any atom is -0.394 e. The standard InChI is InChI=1S/C16H19NO3S/c18-9-11-20-10-4-8-17-16(19)15-14(7-12-21-15)13-5-2-1-3-6-13/h1-3,5-7,12,18H,4,8-11H2,(H,17,19). The van der Waals surface area contributed by atoms with Gasteiger partial charge in [-0.3, -0.25) is 4.79 Å². The van der Waals surface area contributed by atoms with Crippen LogP contribution in [0.1, 0.15) is 16.1 Å². The van der Waals surface area contributed by atoms with E-state index in [9.17, 15) is 4.79 Å². The Balaban J connectivity index is 1.88. The average Bonchev–Trinajstić information content (AvgIpc) is 3.01. The number of nitrogens with one attached hydrogen (secondary N) is 1. The molecule has 0 aliphatic heterocycles. The van der Waals surface area contributed by atoms with E-state index in [-0.39, 0.29) is 12.5 Å². The van der Waals surface area contributed by atoms with Gasteiger partial charge in [0.1, 0.15) is 0 Å². The summed E-state index contributed by atoms with van der Waals surface area (Å²) in [6, 6.07) is 11.9. The van der Waals surface area contributed by atoms with Gasteiger partial charge in [0.05, 0.1) is 18.1 Å². The van der Waals surface area contributed by atoms with Gasteiger partial charge in [0.15, 0.2) is 0 Å². The maximum atomic E-state index is 12.2. The zero-order chi connectivity index (χ0) is 14.9. The van der Waals surface area contributed by atoms with Crippen molar-refractivity contribution < 1.29 is 14.6 Å². The number of aliphatic hydroxyl groups is 1. The van der Waals surface area contributed by atoms with Gasteiger partial charge in [0, 0.05) is 18.7 Å². The molecule has 0 unspecified atom stereocenters. The van der Waals surface area contributed by atoms with E-state index in [4.69, 9.17) is 9.84 Å². The molecule has 0 aliphatic rings. The lowest BCUT2D eigenvalue weighted by Gasteiger charge is -2.06. The number of ether oxygens (including phenoxy) is 1. The first kappa shape index (κ1) is 15.7. The second-order valence-corrected chi connectivity index (χ2v) is 5.39. The molecule has 112 valence electrons. The maximum Gasteiger partial charge on any atom is 0.261 e. The Morgan fingerprint density at radius 2 is 2.00 bits per heavy atom. The first-order chi connectivity index (χ1) is 10.3. The van der Waals surface area contributed by atoms with Crippen LogP contribution in [0.4, 0.5) is 0 Å². The smallest absolute Gasteiger partial charge is 0.261 e. The molecule has 0 fully saturated rings. The summed E-state index contributed by atoms with van der Waals surface area (Å²) in [6.45, 7) is 1.48. The summed E-state index contributed by atoms with van der Waals surface area (Å²) in [6.07, 6.45) is 0.734. The van der Waals surface area contributed by atoms with E-state index in [0.717, 1.165) is 22.4 Å². The normalized spacial score (nSPS) is 10.5. The molecule has 0 aliphatic carbocycles. The van der Waals surface area contributed by atoms with Crippen molar-refractivity contribution in [3.05, 3.63) is 46.7 Å². The number of amides is 1. The van der Waals surface area contributed by atoms with Crippen LogP contribution in [0.15, 0.2) is 41.8 Å². The van der Waals surface area contributed by atoms with Gasteiger partial charge in [0.2, 0.25) is 0 Å². The molecule has 0 atom stereocenters. The summed E-state index contributed by atoms with van der Waals surface area (Å²) >= 11 is 1.45. The van der Waals surface area contributed by atoms with Crippen LogP contribution in [0.25, 0.3) is 11.1 Å². The quantitative estimate of drug-likeness (QED) is 0.737. The van der Waals surface area contributed by atoms with E-state index >= 15 is 0 Å². The van der Waals surface area contributed by atoms with Crippen LogP contribution >= 0.6 is 11.3 Å². The Hall–Kier alpha value is -1.69. The topological polar surface area (TPSA) is 58.6 Å². The van der Waals surface area contributed by atoms with E-state index in [1.54, 1.807) is 0 Å². The molecule has 4 nitrogen and oxygen atoms in total. The molecule has 2 aromatic rings. The number of aliphatic hydroxyl groups excluding tert-OH is 1. The van der Waals surface area contributed by atoms with Gasteiger partial charge in [-0.15, -0.1) is 11.3 Å². The average molecular weight is 305 g/mol. The molecule has 1 aromatic heterocycles. The molecule has 21 heavy (non-hydrogen) atoms. The summed E-state index contributed by atoms with van der Waals surface area (Å²) in [5.74, 6) is -0.0500. The predicted molar refractivity (Wildman–Crippen MR) is 84.6 cm³/mol. The molecule has 1 amide bonds. The van der Waals surface area contributed by atoms with Crippen molar-refractivity contribution in [2.45, 2.75) is 6.42 Å². The maximum absolute atomic E-state index is 12.2. The van der Waals surface area contributed by atoms with Gasteiger partial charge in [-0.2, -0.15) is 0 Å². The predicted octanol–water partition coefficient (Wildman–Crippen LogP) is 2.54. The summed E-state index contributed by atoms with van der Waals surface area (Å²) in [5, 5.41) is 13.4. The molecule has 0 bridgehead atoms. The van der Waals surface area contributed by atoms with Crippen LogP contribution in [0.3, 0.4) is 0 Å². The zero-order valence-corrected chi connectivity index (χ0v) is 12.6. The van der Waals surface area contributed by atoms with Crippen molar-refractivity contribution in [2.75, 3.05) is 26.4 Å². The molecule has 1 heterocycles. The number of hydrogen-bond acceptors (Lipinski definition) is 4. The lowest BCUT2D eigenvalue weighted by Crippen LogP contribution is -2.25. The van der Waals surface area contributed by atoms with E-state index in [1.165, 1.54) is 11.3 Å². The van der Waals surface area contributed by atoms with E-state index < -0.39 is 0 Å². The van der Waals surface area contributed by atoms with E-state index in [1.807, 2.05) is 41.8 Å². The van der Waals surface area contributed by atoms with Crippen molar-refractivity contribution in [2.24, 2.45) is 0 Å². The van der Waals surface area contributed by atoms with Crippen LogP contribution in [-0.2, 0) is 4.74 Å². The first-order valence-corrected chi connectivity index (χ1v) is 7.80. The fourth-order valence-corrected chi connectivity index (χ4v) is 2.79. The third-order valence-corrected chi connectivity index (χ3v) is 3.86. The van der Waals surface area contributed by atoms with Crippen LogP contribution in [-0.4, -0.2) is 37.4 Å². The molecular formula is C16H19NO3S. The minimum absolute atomic E-state index is 0.0298. The molecule has 0 radical (unpaired) electrons. The van der Waals surface area contributed by atoms with Gasteiger partial charge >= 0.3 is 0 Å². The molecule has 1 aromatic carbocycles. The number of carbonyl (C=O) groups is 1. The van der Waals surface area contributed by atoms with Gasteiger partial charge in [0.25, 0.3) is 5.91 Å². The van der Waals surface area contributed by atoms with Crippen molar-refractivity contribution in [3.63, 3.8) is 0 Å². The number of benzene rings is 1. The van der Waals surface area contributed by atoms with Gasteiger partial charge in [-0.25, -0.2) is 0 Å². The highest BCUT2D eigenvalue weighted by molar-refractivity contribution is 7.12. The third-order valence-electron chi connectivity index (χ3n) is 2.94. The van der Waals surface area contributed by atoms with Crippen molar-refractivity contribution in [3.8, 4) is 11.1 Å². The highest BCUT2D eigenvalue weighted by Crippen LogP contribution is 2.27. The number of rotatable bonds is 8. The van der Waals surface area contributed by atoms with Crippen molar-refractivity contribution in [1.29, 1.82) is 0 Å². The van der Waals surface area contributed by atoms with Gasteiger partial charge in [-0.05, 0) is 23.4 Å². The van der Waals surface area contributed by atoms with Gasteiger partial charge in [-0.1, -0.05) is 30.3 Å². The number of carbonyl (C=O) groups excluding carboxylic acids is 1. The Labute approximate surface area is 128 Å². The lowest BCUT2D eigenvalue weighted by atomic mass is 10.1. The molecule has 2 N–H and O–H groups in total. The molecule has 5 heteroatoms. The lowest BCUT2D eigenvalue weighted by molar-refractivity contribution is 0.0869. The minimum atomic E-state index is -0.0500. The Morgan fingerprint density at radius 3 is 2.76 bits per heavy atom. The second kappa shape index (κ2) is 8.56. The van der Waals surface area contributed by atoms with E-state index in [2.05, 4.69) is 5.32 Å². The molecule has 0 saturated heterocycles. The van der Waals surface area contributed by atoms with Crippen LogP contribution in [0, 0.1) is 0 Å². The summed E-state index contributed by atoms with van der Waals surface area (Å²) in [5.41, 5.74) is 2.02. The zero-order valence-electron chi connectivity index (χ0n) is 11.7. The third kappa shape index (κ3) is 4.67. The summed E-state index contributed by atoms with van der Waals surface area (Å²) in [7, 11) is 0. The van der Waals surface area contributed by atoms with Crippen LogP contribution in [0.5, 0.6) is 0 Å². The van der Waals surface area contributed by atoms with Gasteiger partial charge < -0.3 is 15.2 Å². The first-order valence-electron chi connectivity index (χ1n) is 6.92. The summed E-state index contributed by atoms with van der Waals surface area (Å²) in [4.78, 5) is 12.9. The van der Waals surface area contributed by atoms with Crippen molar-refractivity contribution >= 4 is 17.2 Å². The SMILES string of the molecule is O=C(NCCCOCCO)c1sccc1-c1ccccc1. The molecule has 0 spiro atoms. The molecule has 2 rings (SSSR count). The fourth-order valence-electron chi connectivity index (χ4n) is 1.95. The van der Waals surface area contributed by atoms with Crippen molar-refractivity contribution in [1.82, 2.24) is 5.32 Å². The second-order valence-electron chi connectivity index (χ2n) is 4.47. The number of hydrogen-bond donors (Lipinski definition) is 2. The highest BCUT2D eigenvalue weighted by atomic mass is 32.1. The Kier molecular flexibility index (Phi) is 6.40. The number of thiophene rings is 1. The largest absolute Gasteiger partial charge is 0.394 e. The molecule has 0 saturated carbocycles. The fraction of sp³-hybridized carbons (Fsp3) is 0.312. The van der Waals surface area contributed by atoms with Crippen LogP contribution in [0.2, 0.25) is 0 Å². The Morgan fingerprint density at radius 1 is 1.19 bits per heavy atom. The summed E-state index contributed by atoms with van der Waals surface area (Å²) < 4.78 is 5.15. The monoisotopic (exact) mass is 305 g/mol. The molecular weight excluding hydrogens is 286 g/mol. The Bertz CT molecular complexity index is 554. The highest BCUT2D eigenvalue weighted by Gasteiger charge is 2.13. The van der Waals surface area contributed by atoms with E-state index in [0.29, 0.717) is 19.8 Å².